The number of nitrogens with one attached hydrogen (secondary N) is 1. The van der Waals surface area contributed by atoms with Crippen LogP contribution < -0.4 is 14.8 Å². The first-order chi connectivity index (χ1) is 14.3. The van der Waals surface area contributed by atoms with Gasteiger partial charge in [0.25, 0.3) is 0 Å². The zero-order valence-corrected chi connectivity index (χ0v) is 17.1. The van der Waals surface area contributed by atoms with E-state index in [0.29, 0.717) is 13.2 Å². The standard InChI is InChI=1S/C23H30N4O2/c1-24-23(25-10-9-19-7-8-21-22(17-19)29-16-15-28-21)27-13-11-26(12-14-27)18-20-5-3-2-4-6-20/h2-8,17H,9-16,18H2,1H3,(H,24,25). The first-order valence-electron chi connectivity index (χ1n) is 10.4. The number of hydrogen-bond donors (Lipinski definition) is 1. The van der Waals surface area contributed by atoms with Crippen molar-refractivity contribution in [1.29, 1.82) is 0 Å². The average molecular weight is 395 g/mol. The Morgan fingerprint density at radius 1 is 0.931 bits per heavy atom. The molecule has 0 atom stereocenters. The fourth-order valence-corrected chi connectivity index (χ4v) is 3.85. The highest BCUT2D eigenvalue weighted by Crippen LogP contribution is 2.30. The highest BCUT2D eigenvalue weighted by Gasteiger charge is 2.19. The molecule has 6 nitrogen and oxygen atoms in total. The molecule has 0 spiro atoms. The molecule has 1 fully saturated rings. The molecular formula is C23H30N4O2. The van der Waals surface area contributed by atoms with Crippen molar-refractivity contribution >= 4 is 5.96 Å². The van der Waals surface area contributed by atoms with Gasteiger partial charge in [-0.05, 0) is 29.7 Å². The molecule has 4 rings (SSSR count). The third-order valence-electron chi connectivity index (χ3n) is 5.44. The first kappa shape index (κ1) is 19.6. The molecule has 2 aliphatic rings. The molecule has 2 aliphatic heterocycles. The number of guanidine groups is 1. The van der Waals surface area contributed by atoms with Crippen LogP contribution in [0.4, 0.5) is 0 Å². The topological polar surface area (TPSA) is 49.3 Å². The highest BCUT2D eigenvalue weighted by molar-refractivity contribution is 5.80. The van der Waals surface area contributed by atoms with Gasteiger partial charge in [0.2, 0.25) is 0 Å². The maximum absolute atomic E-state index is 5.68. The van der Waals surface area contributed by atoms with Crippen LogP contribution in [0.25, 0.3) is 0 Å². The van der Waals surface area contributed by atoms with Crippen molar-refractivity contribution in [2.24, 2.45) is 4.99 Å². The van der Waals surface area contributed by atoms with Crippen molar-refractivity contribution in [3.05, 3.63) is 59.7 Å². The van der Waals surface area contributed by atoms with Gasteiger partial charge < -0.3 is 19.7 Å². The van der Waals surface area contributed by atoms with E-state index >= 15 is 0 Å². The van der Waals surface area contributed by atoms with Crippen LogP contribution in [-0.4, -0.2) is 68.7 Å². The Morgan fingerprint density at radius 2 is 1.69 bits per heavy atom. The lowest BCUT2D eigenvalue weighted by Gasteiger charge is -2.36. The summed E-state index contributed by atoms with van der Waals surface area (Å²) in [4.78, 5) is 9.35. The molecule has 1 N–H and O–H groups in total. The predicted octanol–water partition coefficient (Wildman–Crippen LogP) is 2.39. The molecule has 6 heteroatoms. The molecule has 0 amide bonds. The SMILES string of the molecule is CN=C(NCCc1ccc2c(c1)OCCO2)N1CCN(Cc2ccccc2)CC1. The molecule has 0 unspecified atom stereocenters. The van der Waals surface area contributed by atoms with Crippen molar-refractivity contribution < 1.29 is 9.47 Å². The Kier molecular flexibility index (Phi) is 6.52. The minimum absolute atomic E-state index is 0.623. The summed E-state index contributed by atoms with van der Waals surface area (Å²) in [5, 5.41) is 3.52. The van der Waals surface area contributed by atoms with Crippen LogP contribution in [0.15, 0.2) is 53.5 Å². The van der Waals surface area contributed by atoms with Gasteiger partial charge in [-0.3, -0.25) is 9.89 Å². The van der Waals surface area contributed by atoms with Gasteiger partial charge in [-0.1, -0.05) is 36.4 Å². The van der Waals surface area contributed by atoms with E-state index in [2.05, 4.69) is 62.6 Å². The van der Waals surface area contributed by atoms with E-state index in [9.17, 15) is 0 Å². The summed E-state index contributed by atoms with van der Waals surface area (Å²) < 4.78 is 11.3. The Hall–Kier alpha value is -2.73. The van der Waals surface area contributed by atoms with Gasteiger partial charge in [-0.15, -0.1) is 0 Å². The Balaban J connectivity index is 1.23. The molecule has 2 aromatic carbocycles. The number of ether oxygens (including phenoxy) is 2. The number of aliphatic imine (C=N–C) groups is 1. The second-order valence-corrected chi connectivity index (χ2v) is 7.45. The zero-order chi connectivity index (χ0) is 19.9. The van der Waals surface area contributed by atoms with E-state index in [1.165, 1.54) is 11.1 Å². The van der Waals surface area contributed by atoms with Crippen molar-refractivity contribution in [2.45, 2.75) is 13.0 Å². The Morgan fingerprint density at radius 3 is 2.45 bits per heavy atom. The monoisotopic (exact) mass is 394 g/mol. The number of benzene rings is 2. The lowest BCUT2D eigenvalue weighted by atomic mass is 10.1. The third-order valence-corrected chi connectivity index (χ3v) is 5.44. The highest BCUT2D eigenvalue weighted by atomic mass is 16.6. The van der Waals surface area contributed by atoms with Crippen LogP contribution in [0.5, 0.6) is 11.5 Å². The van der Waals surface area contributed by atoms with Gasteiger partial charge in [-0.25, -0.2) is 0 Å². The maximum Gasteiger partial charge on any atom is 0.193 e. The van der Waals surface area contributed by atoms with Gasteiger partial charge in [0, 0.05) is 46.3 Å². The third kappa shape index (κ3) is 5.21. The molecule has 29 heavy (non-hydrogen) atoms. The fraction of sp³-hybridized carbons (Fsp3) is 0.435. The molecule has 0 saturated carbocycles. The van der Waals surface area contributed by atoms with E-state index in [0.717, 1.165) is 63.1 Å². The Bertz CT molecular complexity index is 817. The summed E-state index contributed by atoms with van der Waals surface area (Å²) in [5.41, 5.74) is 2.62. The summed E-state index contributed by atoms with van der Waals surface area (Å²) in [6.45, 7) is 7.21. The summed E-state index contributed by atoms with van der Waals surface area (Å²) in [5.74, 6) is 2.69. The summed E-state index contributed by atoms with van der Waals surface area (Å²) in [6.07, 6.45) is 0.920. The van der Waals surface area contributed by atoms with Crippen molar-refractivity contribution in [2.75, 3.05) is 53.0 Å². The van der Waals surface area contributed by atoms with Crippen LogP contribution in [0, 0.1) is 0 Å². The average Bonchev–Trinajstić information content (AvgIpc) is 2.78. The van der Waals surface area contributed by atoms with Crippen molar-refractivity contribution in [3.8, 4) is 11.5 Å². The zero-order valence-electron chi connectivity index (χ0n) is 17.1. The first-order valence-corrected chi connectivity index (χ1v) is 10.4. The van der Waals surface area contributed by atoms with Gasteiger partial charge in [0.15, 0.2) is 17.5 Å². The minimum Gasteiger partial charge on any atom is -0.486 e. The molecule has 0 bridgehead atoms. The van der Waals surface area contributed by atoms with Crippen LogP contribution in [-0.2, 0) is 13.0 Å². The van der Waals surface area contributed by atoms with E-state index in [1.54, 1.807) is 0 Å². The molecule has 0 radical (unpaired) electrons. The van der Waals surface area contributed by atoms with Crippen LogP contribution in [0.2, 0.25) is 0 Å². The van der Waals surface area contributed by atoms with Crippen molar-refractivity contribution in [3.63, 3.8) is 0 Å². The molecule has 154 valence electrons. The van der Waals surface area contributed by atoms with E-state index < -0.39 is 0 Å². The number of fused-ring (bicyclic) bond motifs is 1. The van der Waals surface area contributed by atoms with Crippen LogP contribution in [0.1, 0.15) is 11.1 Å². The lowest BCUT2D eigenvalue weighted by molar-refractivity contribution is 0.171. The number of nitrogens with zero attached hydrogens (tertiary/aromatic N) is 3. The summed E-state index contributed by atoms with van der Waals surface area (Å²) in [7, 11) is 1.86. The number of rotatable bonds is 5. The molecular weight excluding hydrogens is 364 g/mol. The maximum atomic E-state index is 5.68. The Labute approximate surface area is 173 Å². The van der Waals surface area contributed by atoms with Crippen LogP contribution in [0.3, 0.4) is 0 Å². The summed E-state index contributed by atoms with van der Waals surface area (Å²) >= 11 is 0. The molecule has 0 aliphatic carbocycles. The fourth-order valence-electron chi connectivity index (χ4n) is 3.85. The summed E-state index contributed by atoms with van der Waals surface area (Å²) in [6, 6.07) is 16.9. The van der Waals surface area contributed by atoms with Gasteiger partial charge in [0.05, 0.1) is 0 Å². The predicted molar refractivity (Wildman–Crippen MR) is 116 cm³/mol. The quantitative estimate of drug-likeness (QED) is 0.623. The second-order valence-electron chi connectivity index (χ2n) is 7.45. The smallest absolute Gasteiger partial charge is 0.193 e. The van der Waals surface area contributed by atoms with Gasteiger partial charge in [-0.2, -0.15) is 0 Å². The number of hydrogen-bond acceptors (Lipinski definition) is 4. The van der Waals surface area contributed by atoms with Crippen molar-refractivity contribution in [1.82, 2.24) is 15.1 Å². The minimum atomic E-state index is 0.623. The van der Waals surface area contributed by atoms with E-state index in [4.69, 9.17) is 9.47 Å². The molecule has 1 saturated heterocycles. The van der Waals surface area contributed by atoms with E-state index in [1.807, 2.05) is 13.1 Å². The van der Waals surface area contributed by atoms with Gasteiger partial charge >= 0.3 is 0 Å². The van der Waals surface area contributed by atoms with E-state index in [-0.39, 0.29) is 0 Å². The number of piperazine rings is 1. The lowest BCUT2D eigenvalue weighted by Crippen LogP contribution is -2.52. The molecule has 2 heterocycles. The second kappa shape index (κ2) is 9.65. The van der Waals surface area contributed by atoms with Gasteiger partial charge in [0.1, 0.15) is 13.2 Å². The molecule has 0 aromatic heterocycles. The normalized spacial score (nSPS) is 17.3. The molecule has 2 aromatic rings. The largest absolute Gasteiger partial charge is 0.486 e. The van der Waals surface area contributed by atoms with Crippen LogP contribution >= 0.6 is 0 Å².